The van der Waals surface area contributed by atoms with E-state index in [0.29, 0.717) is 0 Å². The van der Waals surface area contributed by atoms with Crippen molar-refractivity contribution in [3.63, 3.8) is 0 Å². The van der Waals surface area contributed by atoms with E-state index < -0.39 is 0 Å². The van der Waals surface area contributed by atoms with Crippen molar-refractivity contribution in [1.82, 2.24) is 9.97 Å². The summed E-state index contributed by atoms with van der Waals surface area (Å²) in [6.45, 7) is 0.731. The summed E-state index contributed by atoms with van der Waals surface area (Å²) in [5.41, 5.74) is 9.04. The summed E-state index contributed by atoms with van der Waals surface area (Å²) in [6.07, 6.45) is 6.67. The molecule has 3 heteroatoms. The first kappa shape index (κ1) is 10.7. The third-order valence-corrected chi connectivity index (χ3v) is 3.93. The molecule has 0 aliphatic heterocycles. The molecule has 1 aromatic heterocycles. The van der Waals surface area contributed by atoms with Crippen LogP contribution < -0.4 is 5.73 Å². The van der Waals surface area contributed by atoms with Crippen LogP contribution >= 0.6 is 0 Å². The fraction of sp³-hybridized carbons (Fsp3) is 0.429. The molecular weight excluding hydrogens is 210 g/mol. The van der Waals surface area contributed by atoms with E-state index in [9.17, 15) is 0 Å². The number of hydrogen-bond donors (Lipinski definition) is 1. The summed E-state index contributed by atoms with van der Waals surface area (Å²) in [6, 6.07) is 8.04. The molecule has 0 amide bonds. The quantitative estimate of drug-likeness (QED) is 0.876. The average molecular weight is 227 g/mol. The van der Waals surface area contributed by atoms with Gasteiger partial charge in [-0.25, -0.2) is 4.98 Å². The molecule has 17 heavy (non-hydrogen) atoms. The van der Waals surface area contributed by atoms with Crippen LogP contribution in [0.25, 0.3) is 11.0 Å². The molecule has 1 heterocycles. The Morgan fingerprint density at radius 2 is 1.94 bits per heavy atom. The Balaban J connectivity index is 2.05. The van der Waals surface area contributed by atoms with Crippen molar-refractivity contribution in [1.29, 1.82) is 0 Å². The van der Waals surface area contributed by atoms with Crippen molar-refractivity contribution in [3.05, 3.63) is 36.2 Å². The molecule has 0 bridgehead atoms. The van der Waals surface area contributed by atoms with Gasteiger partial charge in [0.25, 0.3) is 0 Å². The molecule has 1 aromatic carbocycles. The van der Waals surface area contributed by atoms with Gasteiger partial charge >= 0.3 is 0 Å². The molecule has 3 rings (SSSR count). The second-order valence-corrected chi connectivity index (χ2v) is 4.92. The van der Waals surface area contributed by atoms with Crippen LogP contribution in [0.4, 0.5) is 0 Å². The number of aromatic nitrogens is 2. The van der Waals surface area contributed by atoms with Gasteiger partial charge in [0.15, 0.2) is 0 Å². The summed E-state index contributed by atoms with van der Waals surface area (Å²) in [5.74, 6) is 0. The predicted octanol–water partition coefficient (Wildman–Crippen LogP) is 2.40. The molecule has 0 radical (unpaired) electrons. The molecule has 0 spiro atoms. The summed E-state index contributed by atoms with van der Waals surface area (Å²) in [5, 5.41) is 0. The van der Waals surface area contributed by atoms with E-state index in [0.717, 1.165) is 29.7 Å². The smallest absolute Gasteiger partial charge is 0.0890 e. The van der Waals surface area contributed by atoms with Gasteiger partial charge in [0.2, 0.25) is 0 Å². The predicted molar refractivity (Wildman–Crippen MR) is 68.7 cm³/mol. The van der Waals surface area contributed by atoms with Crippen molar-refractivity contribution in [2.75, 3.05) is 6.54 Å². The Hall–Kier alpha value is -1.48. The number of nitrogens with two attached hydrogens (primary N) is 1. The van der Waals surface area contributed by atoms with E-state index in [2.05, 4.69) is 4.98 Å². The second kappa shape index (κ2) is 4.08. The van der Waals surface area contributed by atoms with E-state index >= 15 is 0 Å². The van der Waals surface area contributed by atoms with E-state index in [4.69, 9.17) is 10.7 Å². The fourth-order valence-electron chi connectivity index (χ4n) is 2.73. The van der Waals surface area contributed by atoms with Gasteiger partial charge in [-0.15, -0.1) is 0 Å². The van der Waals surface area contributed by atoms with Crippen LogP contribution in [-0.2, 0) is 5.41 Å². The van der Waals surface area contributed by atoms with Gasteiger partial charge in [-0.05, 0) is 37.9 Å². The van der Waals surface area contributed by atoms with Crippen molar-refractivity contribution >= 4 is 11.0 Å². The SMILES string of the molecule is NCCC1(c2cnc3ccccc3n2)CCC1. The van der Waals surface area contributed by atoms with E-state index in [1.54, 1.807) is 0 Å². The Bertz CT molecular complexity index is 532. The molecule has 0 atom stereocenters. The Morgan fingerprint density at radius 3 is 2.59 bits per heavy atom. The highest BCUT2D eigenvalue weighted by Crippen LogP contribution is 2.45. The van der Waals surface area contributed by atoms with Crippen molar-refractivity contribution in [2.24, 2.45) is 5.73 Å². The molecule has 2 aromatic rings. The molecule has 88 valence electrons. The summed E-state index contributed by atoms with van der Waals surface area (Å²) in [4.78, 5) is 9.28. The first-order valence-electron chi connectivity index (χ1n) is 6.26. The Labute approximate surface area is 101 Å². The molecule has 3 nitrogen and oxygen atoms in total. The molecule has 1 fully saturated rings. The van der Waals surface area contributed by atoms with Crippen LogP contribution in [0.1, 0.15) is 31.4 Å². The lowest BCUT2D eigenvalue weighted by atomic mass is 9.64. The molecule has 1 aliphatic carbocycles. The van der Waals surface area contributed by atoms with Crippen molar-refractivity contribution in [3.8, 4) is 0 Å². The fourth-order valence-corrected chi connectivity index (χ4v) is 2.73. The topological polar surface area (TPSA) is 51.8 Å². The van der Waals surface area contributed by atoms with Gasteiger partial charge < -0.3 is 5.73 Å². The van der Waals surface area contributed by atoms with Gasteiger partial charge in [0.05, 0.1) is 16.7 Å². The Kier molecular flexibility index (Phi) is 2.56. The van der Waals surface area contributed by atoms with Crippen LogP contribution in [-0.4, -0.2) is 16.5 Å². The Morgan fingerprint density at radius 1 is 1.18 bits per heavy atom. The van der Waals surface area contributed by atoms with Gasteiger partial charge in [0.1, 0.15) is 0 Å². The van der Waals surface area contributed by atoms with E-state index in [-0.39, 0.29) is 5.41 Å². The average Bonchev–Trinajstić information content (AvgIpc) is 2.33. The van der Waals surface area contributed by atoms with Crippen LogP contribution in [0.3, 0.4) is 0 Å². The minimum atomic E-state index is 0.214. The lowest BCUT2D eigenvalue weighted by Crippen LogP contribution is -2.37. The largest absolute Gasteiger partial charge is 0.330 e. The molecule has 1 aliphatic rings. The number of benzene rings is 1. The summed E-state index contributed by atoms with van der Waals surface area (Å²) >= 11 is 0. The molecule has 0 unspecified atom stereocenters. The van der Waals surface area contributed by atoms with E-state index in [1.165, 1.54) is 19.3 Å². The maximum atomic E-state index is 5.73. The van der Waals surface area contributed by atoms with E-state index in [1.807, 2.05) is 30.5 Å². The second-order valence-electron chi connectivity index (χ2n) is 4.92. The first-order valence-corrected chi connectivity index (χ1v) is 6.26. The highest BCUT2D eigenvalue weighted by atomic mass is 14.8. The number of rotatable bonds is 3. The maximum Gasteiger partial charge on any atom is 0.0890 e. The molecular formula is C14H17N3. The van der Waals surface area contributed by atoms with Gasteiger partial charge in [0, 0.05) is 11.6 Å². The maximum absolute atomic E-state index is 5.73. The molecule has 2 N–H and O–H groups in total. The van der Waals surface area contributed by atoms with Gasteiger partial charge in [-0.1, -0.05) is 18.6 Å². The number of hydrogen-bond acceptors (Lipinski definition) is 3. The third-order valence-electron chi connectivity index (χ3n) is 3.93. The number of nitrogens with zero attached hydrogens (tertiary/aromatic N) is 2. The highest BCUT2D eigenvalue weighted by molar-refractivity contribution is 5.73. The zero-order chi connectivity index (χ0) is 11.7. The van der Waals surface area contributed by atoms with Crippen molar-refractivity contribution < 1.29 is 0 Å². The zero-order valence-electron chi connectivity index (χ0n) is 9.89. The minimum Gasteiger partial charge on any atom is -0.330 e. The van der Waals surface area contributed by atoms with Crippen LogP contribution in [0.2, 0.25) is 0 Å². The standard InChI is InChI=1S/C14H17N3/c15-9-8-14(6-3-7-14)13-10-16-11-4-1-2-5-12(11)17-13/h1-2,4-5,10H,3,6-9,15H2. The van der Waals surface area contributed by atoms with Crippen LogP contribution in [0.15, 0.2) is 30.5 Å². The van der Waals surface area contributed by atoms with Crippen molar-refractivity contribution in [2.45, 2.75) is 31.1 Å². The van der Waals surface area contributed by atoms with Gasteiger partial charge in [-0.3, -0.25) is 4.98 Å². The minimum absolute atomic E-state index is 0.214. The van der Waals surface area contributed by atoms with Gasteiger partial charge in [-0.2, -0.15) is 0 Å². The van der Waals surface area contributed by atoms with Crippen LogP contribution in [0.5, 0.6) is 0 Å². The summed E-state index contributed by atoms with van der Waals surface area (Å²) in [7, 11) is 0. The number of para-hydroxylation sites is 2. The number of fused-ring (bicyclic) bond motifs is 1. The molecule has 0 saturated heterocycles. The third kappa shape index (κ3) is 1.71. The lowest BCUT2D eigenvalue weighted by molar-refractivity contribution is 0.222. The lowest BCUT2D eigenvalue weighted by Gasteiger charge is -2.41. The first-order chi connectivity index (χ1) is 8.34. The monoisotopic (exact) mass is 227 g/mol. The summed E-state index contributed by atoms with van der Waals surface area (Å²) < 4.78 is 0. The van der Waals surface area contributed by atoms with Crippen LogP contribution in [0, 0.1) is 0 Å². The molecule has 1 saturated carbocycles. The zero-order valence-corrected chi connectivity index (χ0v) is 9.89. The highest BCUT2D eigenvalue weighted by Gasteiger charge is 2.39. The normalized spacial score (nSPS) is 17.9.